The Morgan fingerprint density at radius 1 is 0.767 bits per heavy atom. The Kier molecular flexibility index (Phi) is 4.68. The Labute approximate surface area is 179 Å². The summed E-state index contributed by atoms with van der Waals surface area (Å²) in [4.78, 5) is 10.0. The monoisotopic (exact) mass is 402 g/mol. The number of hydrogen-bond donors (Lipinski definition) is 0. The van der Waals surface area contributed by atoms with Crippen LogP contribution >= 0.6 is 0 Å². The molecule has 2 aliphatic heterocycles. The van der Waals surface area contributed by atoms with E-state index >= 15 is 0 Å². The number of ether oxygens (including phenoxy) is 2. The molecule has 2 aromatic carbocycles. The van der Waals surface area contributed by atoms with E-state index in [1.54, 1.807) is 0 Å². The predicted octanol–water partition coefficient (Wildman–Crippen LogP) is 5.77. The molecule has 4 heteroatoms. The summed E-state index contributed by atoms with van der Waals surface area (Å²) in [7, 11) is 0. The SMILES string of the molecule is CC1(C)C(C2=NC(c3ccccc3)CO2)CC[C@@]1(C)C1=NC(c2ccccc2)CO1. The molecular weight excluding hydrogens is 372 g/mol. The van der Waals surface area contributed by atoms with Crippen LogP contribution < -0.4 is 0 Å². The van der Waals surface area contributed by atoms with Crippen molar-refractivity contribution in [3.8, 4) is 0 Å². The second kappa shape index (κ2) is 7.26. The molecule has 2 heterocycles. The van der Waals surface area contributed by atoms with E-state index < -0.39 is 0 Å². The number of nitrogens with zero attached hydrogens (tertiary/aromatic N) is 2. The highest BCUT2D eigenvalue weighted by Crippen LogP contribution is 2.58. The quantitative estimate of drug-likeness (QED) is 0.652. The molecule has 0 radical (unpaired) electrons. The van der Waals surface area contributed by atoms with Crippen molar-refractivity contribution in [2.45, 2.75) is 45.7 Å². The first kappa shape index (κ1) is 19.3. The predicted molar refractivity (Wildman–Crippen MR) is 120 cm³/mol. The summed E-state index contributed by atoms with van der Waals surface area (Å²) < 4.78 is 12.4. The van der Waals surface area contributed by atoms with Gasteiger partial charge in [0.1, 0.15) is 25.3 Å². The molecule has 1 aliphatic carbocycles. The lowest BCUT2D eigenvalue weighted by Gasteiger charge is -2.40. The van der Waals surface area contributed by atoms with E-state index in [1.165, 1.54) is 11.1 Å². The third-order valence-corrected chi connectivity index (χ3v) is 7.69. The molecule has 3 aliphatic rings. The third kappa shape index (κ3) is 3.05. The average molecular weight is 403 g/mol. The van der Waals surface area contributed by atoms with Crippen molar-refractivity contribution in [3.63, 3.8) is 0 Å². The van der Waals surface area contributed by atoms with Gasteiger partial charge in [0.15, 0.2) is 11.8 Å². The van der Waals surface area contributed by atoms with Gasteiger partial charge in [-0.05, 0) is 29.4 Å². The highest BCUT2D eigenvalue weighted by molar-refractivity contribution is 5.89. The Bertz CT molecular complexity index is 967. The molecule has 3 unspecified atom stereocenters. The van der Waals surface area contributed by atoms with E-state index in [1.807, 2.05) is 12.1 Å². The van der Waals surface area contributed by atoms with Gasteiger partial charge in [0, 0.05) is 11.3 Å². The van der Waals surface area contributed by atoms with Crippen LogP contribution in [0.3, 0.4) is 0 Å². The van der Waals surface area contributed by atoms with Crippen LogP contribution in [0.25, 0.3) is 0 Å². The van der Waals surface area contributed by atoms with Gasteiger partial charge in [-0.25, -0.2) is 9.98 Å². The van der Waals surface area contributed by atoms with Gasteiger partial charge in [-0.15, -0.1) is 0 Å². The first-order valence-corrected chi connectivity index (χ1v) is 11.0. The lowest BCUT2D eigenvalue weighted by molar-refractivity contribution is 0.139. The third-order valence-electron chi connectivity index (χ3n) is 7.69. The number of benzene rings is 2. The van der Waals surface area contributed by atoms with Crippen LogP contribution in [0.1, 0.15) is 56.8 Å². The molecule has 0 bridgehead atoms. The Balaban J connectivity index is 1.39. The fraction of sp³-hybridized carbons (Fsp3) is 0.462. The van der Waals surface area contributed by atoms with Crippen LogP contribution in [-0.4, -0.2) is 25.0 Å². The van der Waals surface area contributed by atoms with Gasteiger partial charge in [-0.2, -0.15) is 0 Å². The van der Waals surface area contributed by atoms with Crippen LogP contribution in [0.5, 0.6) is 0 Å². The molecule has 4 nitrogen and oxygen atoms in total. The van der Waals surface area contributed by atoms with E-state index in [4.69, 9.17) is 19.5 Å². The second-order valence-electron chi connectivity index (χ2n) is 9.52. The molecule has 156 valence electrons. The Morgan fingerprint density at radius 2 is 1.33 bits per heavy atom. The summed E-state index contributed by atoms with van der Waals surface area (Å²) in [6.07, 6.45) is 2.08. The number of rotatable bonds is 4. The summed E-state index contributed by atoms with van der Waals surface area (Å²) in [6, 6.07) is 21.1. The Hall–Kier alpha value is -2.62. The number of aliphatic imine (C=N–C) groups is 2. The van der Waals surface area contributed by atoms with E-state index in [0.717, 1.165) is 24.6 Å². The van der Waals surface area contributed by atoms with Crippen LogP contribution in [-0.2, 0) is 9.47 Å². The summed E-state index contributed by atoms with van der Waals surface area (Å²) in [5, 5.41) is 0. The van der Waals surface area contributed by atoms with E-state index in [0.29, 0.717) is 13.2 Å². The van der Waals surface area contributed by atoms with Gasteiger partial charge >= 0.3 is 0 Å². The fourth-order valence-electron chi connectivity index (χ4n) is 5.27. The minimum Gasteiger partial charge on any atom is -0.478 e. The largest absolute Gasteiger partial charge is 0.478 e. The molecule has 0 spiro atoms. The van der Waals surface area contributed by atoms with Crippen LogP contribution in [0.4, 0.5) is 0 Å². The van der Waals surface area contributed by atoms with Crippen LogP contribution in [0, 0.1) is 16.7 Å². The zero-order valence-electron chi connectivity index (χ0n) is 18.0. The normalized spacial score (nSPS) is 32.3. The highest BCUT2D eigenvalue weighted by atomic mass is 16.5. The van der Waals surface area contributed by atoms with E-state index in [9.17, 15) is 0 Å². The first-order valence-electron chi connectivity index (χ1n) is 11.0. The number of hydrogen-bond acceptors (Lipinski definition) is 4. The molecule has 0 amide bonds. The summed E-state index contributed by atoms with van der Waals surface area (Å²) in [5.74, 6) is 2.09. The molecular formula is C26H30N2O2. The van der Waals surface area contributed by atoms with Gasteiger partial charge in [-0.3, -0.25) is 0 Å². The maximum absolute atomic E-state index is 6.21. The Morgan fingerprint density at radius 3 is 1.97 bits per heavy atom. The van der Waals surface area contributed by atoms with Gasteiger partial charge in [0.05, 0.1) is 0 Å². The van der Waals surface area contributed by atoms with Crippen molar-refractivity contribution >= 4 is 11.8 Å². The molecule has 4 atom stereocenters. The minimum atomic E-state index is -0.127. The maximum Gasteiger partial charge on any atom is 0.190 e. The van der Waals surface area contributed by atoms with Crippen molar-refractivity contribution in [1.29, 1.82) is 0 Å². The summed E-state index contributed by atoms with van der Waals surface area (Å²) in [6.45, 7) is 8.23. The van der Waals surface area contributed by atoms with E-state index in [-0.39, 0.29) is 28.8 Å². The van der Waals surface area contributed by atoms with Crippen molar-refractivity contribution in [1.82, 2.24) is 0 Å². The van der Waals surface area contributed by atoms with Gasteiger partial charge in [0.25, 0.3) is 0 Å². The average Bonchev–Trinajstić information content (AvgIpc) is 3.49. The van der Waals surface area contributed by atoms with Gasteiger partial charge < -0.3 is 9.47 Å². The molecule has 5 rings (SSSR count). The van der Waals surface area contributed by atoms with Crippen molar-refractivity contribution < 1.29 is 9.47 Å². The zero-order chi connectivity index (χ0) is 20.8. The summed E-state index contributed by atoms with van der Waals surface area (Å²) in [5.41, 5.74) is 2.26. The van der Waals surface area contributed by atoms with E-state index in [2.05, 4.69) is 69.3 Å². The van der Waals surface area contributed by atoms with Crippen LogP contribution in [0.15, 0.2) is 70.6 Å². The maximum atomic E-state index is 6.21. The lowest BCUT2D eigenvalue weighted by Crippen LogP contribution is -2.43. The first-order chi connectivity index (χ1) is 14.5. The van der Waals surface area contributed by atoms with Crippen molar-refractivity contribution in [2.75, 3.05) is 13.2 Å². The lowest BCUT2D eigenvalue weighted by atomic mass is 9.65. The summed E-state index contributed by atoms with van der Waals surface area (Å²) >= 11 is 0. The van der Waals surface area contributed by atoms with Gasteiger partial charge in [-0.1, -0.05) is 81.4 Å². The standard InChI is InChI=1S/C26H30N2O2/c1-25(2)20(23-27-21(16-29-23)18-10-6-4-7-11-18)14-15-26(25,3)24-28-22(17-30-24)19-12-8-5-9-13-19/h4-13,20-22H,14-17H2,1-3H3/t20?,21?,22?,26-/m0/s1. The van der Waals surface area contributed by atoms with Crippen LogP contribution in [0.2, 0.25) is 0 Å². The topological polar surface area (TPSA) is 43.2 Å². The highest BCUT2D eigenvalue weighted by Gasteiger charge is 2.58. The van der Waals surface area contributed by atoms with Crippen molar-refractivity contribution in [2.24, 2.45) is 26.7 Å². The second-order valence-corrected chi connectivity index (χ2v) is 9.52. The van der Waals surface area contributed by atoms with Crippen molar-refractivity contribution in [3.05, 3.63) is 71.8 Å². The molecule has 30 heavy (non-hydrogen) atoms. The molecule has 1 fully saturated rings. The van der Waals surface area contributed by atoms with Gasteiger partial charge in [0.2, 0.25) is 0 Å². The molecule has 0 N–H and O–H groups in total. The zero-order valence-corrected chi connectivity index (χ0v) is 18.0. The molecule has 0 saturated heterocycles. The molecule has 2 aromatic rings. The smallest absolute Gasteiger partial charge is 0.190 e. The minimum absolute atomic E-state index is 0.0537. The molecule has 1 saturated carbocycles. The molecule has 0 aromatic heterocycles. The fourth-order valence-corrected chi connectivity index (χ4v) is 5.27.